The molecule has 0 radical (unpaired) electrons. The Bertz CT molecular complexity index is 2800. The fourth-order valence-electron chi connectivity index (χ4n) is 11.4. The lowest BCUT2D eigenvalue weighted by atomic mass is 9.58. The highest BCUT2D eigenvalue weighted by Gasteiger charge is 2.59. The minimum absolute atomic E-state index is 0.176. The lowest BCUT2D eigenvalue weighted by Crippen LogP contribution is -2.69. The van der Waals surface area contributed by atoms with Crippen LogP contribution in [-0.2, 0) is 30.8 Å². The largest absolute Gasteiger partial charge is 0.455 e. The van der Waals surface area contributed by atoms with Gasteiger partial charge in [-0.25, -0.2) is 4.57 Å². The lowest BCUT2D eigenvalue weighted by Gasteiger charge is -2.48. The van der Waals surface area contributed by atoms with Crippen molar-refractivity contribution < 1.29 is 13.6 Å². The van der Waals surface area contributed by atoms with E-state index in [1.807, 2.05) is 6.08 Å². The van der Waals surface area contributed by atoms with E-state index in [9.17, 15) is 0 Å². The number of aryl methyl sites for hydroxylation is 3. The van der Waals surface area contributed by atoms with Gasteiger partial charge in [-0.1, -0.05) is 141 Å². The molecule has 2 unspecified atom stereocenters. The third kappa shape index (κ3) is 7.42. The van der Waals surface area contributed by atoms with Crippen LogP contribution in [0, 0.1) is 0 Å². The Kier molecular flexibility index (Phi) is 12.6. The van der Waals surface area contributed by atoms with Gasteiger partial charge >= 0.3 is 0 Å². The van der Waals surface area contributed by atoms with Gasteiger partial charge in [0.15, 0.2) is 11.7 Å². The van der Waals surface area contributed by atoms with E-state index in [2.05, 4.69) is 199 Å². The average Bonchev–Trinajstić information content (AvgIpc) is 3.87. The van der Waals surface area contributed by atoms with Gasteiger partial charge in [0.25, 0.3) is 5.82 Å². The Morgan fingerprint density at radius 3 is 2.25 bits per heavy atom. The third-order valence-corrected chi connectivity index (χ3v) is 15.0. The molecule has 0 spiro atoms. The Labute approximate surface area is 378 Å². The second-order valence-corrected chi connectivity index (χ2v) is 19.1. The summed E-state index contributed by atoms with van der Waals surface area (Å²) < 4.78 is 14.5. The van der Waals surface area contributed by atoms with E-state index < -0.39 is 0 Å². The van der Waals surface area contributed by atoms with Gasteiger partial charge in [0.1, 0.15) is 29.2 Å². The number of allylic oxidation sites excluding steroid dienone is 3. The number of aromatic nitrogens is 3. The van der Waals surface area contributed by atoms with Crippen LogP contribution in [0.1, 0.15) is 152 Å². The zero-order valence-corrected chi connectivity index (χ0v) is 39.9. The summed E-state index contributed by atoms with van der Waals surface area (Å²) in [5.41, 5.74) is 16.1. The van der Waals surface area contributed by atoms with Crippen molar-refractivity contribution in [3.8, 4) is 28.3 Å². The summed E-state index contributed by atoms with van der Waals surface area (Å²) >= 11 is 0. The molecular weight excluding hydrogens is 767 g/mol. The molecule has 1 aliphatic rings. The summed E-state index contributed by atoms with van der Waals surface area (Å²) in [4.78, 5) is 0. The minimum atomic E-state index is -0.201. The van der Waals surface area contributed by atoms with Crippen molar-refractivity contribution in [2.24, 2.45) is 7.05 Å². The van der Waals surface area contributed by atoms with Crippen molar-refractivity contribution >= 4 is 27.5 Å². The molecule has 7 aromatic rings. The molecule has 0 amide bonds. The molecule has 0 aliphatic carbocycles. The highest BCUT2D eigenvalue weighted by Crippen LogP contribution is 2.54. The van der Waals surface area contributed by atoms with E-state index in [-0.39, 0.29) is 11.0 Å². The molecule has 4 heterocycles. The molecule has 63 heavy (non-hydrogen) atoms. The van der Waals surface area contributed by atoms with Crippen LogP contribution in [0.15, 0.2) is 127 Å². The number of pyridine rings is 1. The fraction of sp³-hybridized carbons (Fsp3) is 0.390. The second-order valence-electron chi connectivity index (χ2n) is 19.1. The van der Waals surface area contributed by atoms with E-state index in [0.717, 1.165) is 56.1 Å². The quantitative estimate of drug-likeness (QED) is 0.0703. The van der Waals surface area contributed by atoms with Gasteiger partial charge in [0.2, 0.25) is 5.69 Å². The summed E-state index contributed by atoms with van der Waals surface area (Å²) in [6.45, 7) is 25.4. The zero-order chi connectivity index (χ0) is 44.6. The van der Waals surface area contributed by atoms with Crippen LogP contribution in [0.25, 0.3) is 55.8 Å². The van der Waals surface area contributed by atoms with Crippen molar-refractivity contribution in [1.82, 2.24) is 4.57 Å². The Morgan fingerprint density at radius 2 is 1.57 bits per heavy atom. The Morgan fingerprint density at radius 1 is 0.825 bits per heavy atom. The molecule has 4 nitrogen and oxygen atoms in total. The van der Waals surface area contributed by atoms with E-state index >= 15 is 0 Å². The van der Waals surface area contributed by atoms with Crippen LogP contribution in [0.2, 0.25) is 0 Å². The monoisotopic (exact) mass is 838 g/mol. The number of fused-ring (bicyclic) bond motifs is 7. The summed E-state index contributed by atoms with van der Waals surface area (Å²) in [6.07, 6.45) is 20.8. The summed E-state index contributed by atoms with van der Waals surface area (Å²) in [5.74, 6) is 2.04. The van der Waals surface area contributed by atoms with Crippen molar-refractivity contribution in [1.29, 1.82) is 0 Å². The first-order valence-electron chi connectivity index (χ1n) is 24.1. The number of rotatable bonds is 16. The third-order valence-electron chi connectivity index (χ3n) is 15.0. The van der Waals surface area contributed by atoms with Crippen molar-refractivity contribution in [3.05, 3.63) is 156 Å². The number of benzene rings is 4. The Hall–Kier alpha value is -5.48. The molecular formula is C59H71N3O+2. The topological polar surface area (TPSA) is 25.8 Å². The molecule has 0 saturated carbocycles. The van der Waals surface area contributed by atoms with Crippen molar-refractivity contribution in [2.45, 2.75) is 143 Å². The lowest BCUT2D eigenvalue weighted by molar-refractivity contribution is -0.770. The summed E-state index contributed by atoms with van der Waals surface area (Å²) in [6, 6.07) is 32.4. The molecule has 1 aliphatic heterocycles. The number of furan rings is 1. The summed E-state index contributed by atoms with van der Waals surface area (Å²) in [5, 5.41) is 2.40. The minimum Gasteiger partial charge on any atom is -0.455 e. The number of imidazole rings is 1. The van der Waals surface area contributed by atoms with Crippen LogP contribution in [0.3, 0.4) is 0 Å². The molecule has 4 aromatic carbocycles. The van der Waals surface area contributed by atoms with Gasteiger partial charge in [-0.05, 0) is 97.7 Å². The van der Waals surface area contributed by atoms with Gasteiger partial charge in [0, 0.05) is 46.4 Å². The number of unbranched alkanes of at least 4 members (excludes halogenated alkanes) is 1. The molecule has 0 saturated heterocycles. The van der Waals surface area contributed by atoms with E-state index in [0.29, 0.717) is 11.8 Å². The fourth-order valence-corrected chi connectivity index (χ4v) is 11.4. The molecule has 2 atom stereocenters. The predicted molar refractivity (Wildman–Crippen MR) is 266 cm³/mol. The van der Waals surface area contributed by atoms with Gasteiger partial charge in [-0.3, -0.25) is 0 Å². The van der Waals surface area contributed by atoms with Crippen LogP contribution in [-0.4, -0.2) is 4.57 Å². The van der Waals surface area contributed by atoms with Gasteiger partial charge in [-0.15, -0.1) is 0 Å². The van der Waals surface area contributed by atoms with Crippen molar-refractivity contribution in [3.63, 3.8) is 0 Å². The highest BCUT2D eigenvalue weighted by atomic mass is 16.3. The maximum Gasteiger partial charge on any atom is 0.294 e. The molecule has 0 N–H and O–H groups in total. The van der Waals surface area contributed by atoms with Gasteiger partial charge in [-0.2, -0.15) is 9.13 Å². The van der Waals surface area contributed by atoms with E-state index in [1.54, 1.807) is 0 Å². The van der Waals surface area contributed by atoms with Crippen LogP contribution in [0.4, 0.5) is 0 Å². The predicted octanol–water partition coefficient (Wildman–Crippen LogP) is 15.2. The highest BCUT2D eigenvalue weighted by molar-refractivity contribution is 6.10. The molecule has 4 heteroatoms. The van der Waals surface area contributed by atoms with Gasteiger partial charge in [0.05, 0.1) is 23.6 Å². The number of para-hydroxylation sites is 1. The molecule has 8 rings (SSSR count). The normalized spacial score (nSPS) is 17.6. The second kappa shape index (κ2) is 17.9. The first-order valence-corrected chi connectivity index (χ1v) is 24.1. The molecule has 0 fully saturated rings. The average molecular weight is 838 g/mol. The molecule has 3 aromatic heterocycles. The van der Waals surface area contributed by atoms with Crippen LogP contribution in [0.5, 0.6) is 0 Å². The SMILES string of the molecule is C=CC(=CCC)c1ccc2[n+](c1)C(CC)(CCCc1ccccc1-c1n(-c3c(C(C)C)cccc3C(C)C)cc[n+]1C)C(C)(CC)c1ccc3c(oc4cc(CCCC)ccc43)c1-2. The van der Waals surface area contributed by atoms with Gasteiger partial charge < -0.3 is 4.42 Å². The maximum absolute atomic E-state index is 7.04. The number of hydrogen-bond donors (Lipinski definition) is 0. The smallest absolute Gasteiger partial charge is 0.294 e. The standard InChI is InChI=1S/C59H71N3O/c1-12-17-23-42-29-31-49-50-32-33-51-54(56(50)63-53(49)38-42)52-34-30-45(43(14-3)22-13-2)39-62(52)59(16-5,58(51,10)15-4)35-21-25-44-24-18-19-26-48(44)57-60(11)36-37-61(57)55-46(40(6)7)27-20-28-47(55)41(8)9/h14,18-20,22,24,26-34,36-41H,3,12-13,15-17,21,23,25,35H2,1-2,4-11H3/q+2. The first kappa shape index (κ1) is 44.1. The van der Waals surface area contributed by atoms with E-state index in [4.69, 9.17) is 4.42 Å². The van der Waals surface area contributed by atoms with Crippen LogP contribution < -0.4 is 9.13 Å². The summed E-state index contributed by atoms with van der Waals surface area (Å²) in [7, 11) is 2.20. The molecule has 326 valence electrons. The first-order chi connectivity index (χ1) is 30.5. The Balaban J connectivity index is 1.25. The number of nitrogens with zero attached hydrogens (tertiary/aromatic N) is 3. The zero-order valence-electron chi connectivity index (χ0n) is 39.9. The van der Waals surface area contributed by atoms with Crippen LogP contribution >= 0.6 is 0 Å². The maximum atomic E-state index is 7.04. The van der Waals surface area contributed by atoms with E-state index in [1.165, 1.54) is 90.9 Å². The number of hydrogen-bond acceptors (Lipinski definition) is 1. The molecule has 0 bridgehead atoms. The van der Waals surface area contributed by atoms with Crippen molar-refractivity contribution in [2.75, 3.05) is 0 Å².